The number of hydrazone groups is 1. The number of aromatic amines is 1. The van der Waals surface area contributed by atoms with Crippen LogP contribution in [0.15, 0.2) is 102 Å². The number of hydrogen-bond donors (Lipinski definition) is 2. The van der Waals surface area contributed by atoms with Crippen LogP contribution in [0, 0.1) is 6.92 Å². The molecule has 5 aromatic rings. The lowest BCUT2D eigenvalue weighted by atomic mass is 10.1. The third-order valence-electron chi connectivity index (χ3n) is 5.69. The van der Waals surface area contributed by atoms with Crippen LogP contribution in [0.2, 0.25) is 0 Å². The summed E-state index contributed by atoms with van der Waals surface area (Å²) < 4.78 is 5.87. The number of fused-ring (bicyclic) bond motifs is 1. The van der Waals surface area contributed by atoms with Gasteiger partial charge >= 0.3 is 0 Å². The van der Waals surface area contributed by atoms with E-state index in [0.717, 1.165) is 33.2 Å². The highest BCUT2D eigenvalue weighted by molar-refractivity contribution is 6.00. The molecule has 1 amide bonds. The fraction of sp³-hybridized carbons (Fsp3) is 0.0690. The van der Waals surface area contributed by atoms with Crippen LogP contribution in [0.3, 0.4) is 0 Å². The van der Waals surface area contributed by atoms with Crippen LogP contribution in [0.1, 0.15) is 27.2 Å². The van der Waals surface area contributed by atoms with E-state index in [4.69, 9.17) is 4.74 Å². The first-order valence-electron chi connectivity index (χ1n) is 11.3. The van der Waals surface area contributed by atoms with E-state index in [1.807, 2.05) is 66.7 Å². The van der Waals surface area contributed by atoms with Gasteiger partial charge in [0.15, 0.2) is 0 Å². The maximum Gasteiger partial charge on any atom is 0.289 e. The summed E-state index contributed by atoms with van der Waals surface area (Å²) in [5.41, 5.74) is 7.70. The molecule has 35 heavy (non-hydrogen) atoms. The number of hydrogen-bond acceptors (Lipinski definition) is 4. The van der Waals surface area contributed by atoms with E-state index in [9.17, 15) is 4.79 Å². The van der Waals surface area contributed by atoms with Crippen molar-refractivity contribution in [1.29, 1.82) is 0 Å². The molecular formula is C29H24N4O2. The topological polar surface area (TPSA) is 79.4 Å². The monoisotopic (exact) mass is 460 g/mol. The molecular weight excluding hydrogens is 436 g/mol. The molecule has 0 unspecified atom stereocenters. The number of amides is 1. The van der Waals surface area contributed by atoms with Crippen LogP contribution >= 0.6 is 0 Å². The smallest absolute Gasteiger partial charge is 0.289 e. The van der Waals surface area contributed by atoms with Crippen LogP contribution in [0.25, 0.3) is 22.0 Å². The van der Waals surface area contributed by atoms with Gasteiger partial charge in [0.25, 0.3) is 5.91 Å². The number of ether oxygens (including phenoxy) is 1. The van der Waals surface area contributed by atoms with Crippen molar-refractivity contribution in [2.45, 2.75) is 13.5 Å². The van der Waals surface area contributed by atoms with E-state index in [2.05, 4.69) is 51.9 Å². The van der Waals surface area contributed by atoms with Crippen molar-refractivity contribution in [2.24, 2.45) is 5.10 Å². The quantitative estimate of drug-likeness (QED) is 0.235. The highest BCUT2D eigenvalue weighted by atomic mass is 16.5. The van der Waals surface area contributed by atoms with Gasteiger partial charge in [-0.3, -0.25) is 9.89 Å². The minimum absolute atomic E-state index is 0.328. The van der Waals surface area contributed by atoms with Crippen LogP contribution in [0.5, 0.6) is 5.75 Å². The molecule has 6 heteroatoms. The first kappa shape index (κ1) is 22.1. The average Bonchev–Trinajstić information content (AvgIpc) is 3.39. The van der Waals surface area contributed by atoms with Gasteiger partial charge in [-0.15, -0.1) is 0 Å². The van der Waals surface area contributed by atoms with Gasteiger partial charge in [0, 0.05) is 11.1 Å². The second-order valence-electron chi connectivity index (χ2n) is 8.23. The van der Waals surface area contributed by atoms with Gasteiger partial charge in [-0.05, 0) is 53.6 Å². The number of aromatic nitrogens is 2. The highest BCUT2D eigenvalue weighted by Gasteiger charge is 2.11. The second-order valence-corrected chi connectivity index (χ2v) is 8.23. The predicted molar refractivity (Wildman–Crippen MR) is 139 cm³/mol. The largest absolute Gasteiger partial charge is 0.489 e. The lowest BCUT2D eigenvalue weighted by molar-refractivity contribution is 0.0950. The van der Waals surface area contributed by atoms with Gasteiger partial charge in [0.2, 0.25) is 0 Å². The van der Waals surface area contributed by atoms with Crippen LogP contribution in [0.4, 0.5) is 0 Å². The normalized spacial score (nSPS) is 11.1. The SMILES string of the molecule is Cc1ccc(COc2ccc(-c3cc(C(=O)N/N=C/c4cccc5ccccc45)[nH]n3)cc2)cc1. The number of benzene rings is 4. The van der Waals surface area contributed by atoms with E-state index >= 15 is 0 Å². The first-order chi connectivity index (χ1) is 17.2. The van der Waals surface area contributed by atoms with Crippen molar-refractivity contribution in [1.82, 2.24) is 15.6 Å². The van der Waals surface area contributed by atoms with Gasteiger partial charge < -0.3 is 4.74 Å². The second kappa shape index (κ2) is 10.1. The molecule has 0 radical (unpaired) electrons. The molecule has 0 saturated carbocycles. The zero-order chi connectivity index (χ0) is 24.0. The Morgan fingerprint density at radius 3 is 2.57 bits per heavy atom. The Kier molecular flexibility index (Phi) is 6.35. The molecule has 0 aliphatic rings. The Morgan fingerprint density at radius 2 is 1.74 bits per heavy atom. The van der Waals surface area contributed by atoms with E-state index in [1.165, 1.54) is 5.56 Å². The minimum atomic E-state index is -0.363. The van der Waals surface area contributed by atoms with E-state index in [-0.39, 0.29) is 5.91 Å². The van der Waals surface area contributed by atoms with Gasteiger partial charge in [0.1, 0.15) is 18.1 Å². The summed E-state index contributed by atoms with van der Waals surface area (Å²) in [5.74, 6) is 0.406. The summed E-state index contributed by atoms with van der Waals surface area (Å²) >= 11 is 0. The van der Waals surface area contributed by atoms with Crippen molar-refractivity contribution in [3.8, 4) is 17.0 Å². The number of H-pyrrole nitrogens is 1. The predicted octanol–water partition coefficient (Wildman–Crippen LogP) is 5.88. The van der Waals surface area contributed by atoms with Gasteiger partial charge in [0.05, 0.1) is 11.9 Å². The van der Waals surface area contributed by atoms with Gasteiger partial charge in [-0.1, -0.05) is 72.3 Å². The van der Waals surface area contributed by atoms with Gasteiger partial charge in [-0.25, -0.2) is 5.43 Å². The number of nitrogens with zero attached hydrogens (tertiary/aromatic N) is 2. The Bertz CT molecular complexity index is 1480. The molecule has 4 aromatic carbocycles. The molecule has 172 valence electrons. The summed E-state index contributed by atoms with van der Waals surface area (Å²) in [7, 11) is 0. The minimum Gasteiger partial charge on any atom is -0.489 e. The maximum absolute atomic E-state index is 12.5. The van der Waals surface area contributed by atoms with Crippen molar-refractivity contribution in [3.63, 3.8) is 0 Å². The van der Waals surface area contributed by atoms with E-state index in [1.54, 1.807) is 12.3 Å². The number of rotatable bonds is 7. The van der Waals surface area contributed by atoms with E-state index in [0.29, 0.717) is 18.0 Å². The zero-order valence-electron chi connectivity index (χ0n) is 19.2. The van der Waals surface area contributed by atoms with Crippen LogP contribution < -0.4 is 10.2 Å². The Hall–Kier alpha value is -4.71. The standard InChI is InChI=1S/C29H24N4O2/c1-20-9-11-21(12-10-20)19-35-25-15-13-23(14-16-25)27-17-28(32-31-27)29(34)33-30-18-24-7-4-6-22-5-2-3-8-26(22)24/h2-18H,19H2,1H3,(H,31,32)(H,33,34)/b30-18+. The average molecular weight is 461 g/mol. The number of aryl methyl sites for hydroxylation is 1. The summed E-state index contributed by atoms with van der Waals surface area (Å²) in [6.45, 7) is 2.57. The molecule has 5 rings (SSSR count). The number of carbonyl (C=O) groups is 1. The van der Waals surface area contributed by atoms with Crippen molar-refractivity contribution < 1.29 is 9.53 Å². The Morgan fingerprint density at radius 1 is 0.971 bits per heavy atom. The Balaban J connectivity index is 1.20. The molecule has 0 saturated heterocycles. The molecule has 0 aliphatic heterocycles. The lowest BCUT2D eigenvalue weighted by Crippen LogP contribution is -2.18. The molecule has 1 heterocycles. The van der Waals surface area contributed by atoms with Crippen LogP contribution in [-0.4, -0.2) is 22.3 Å². The number of carbonyl (C=O) groups excluding carboxylic acids is 1. The summed E-state index contributed by atoms with van der Waals surface area (Å²) in [4.78, 5) is 12.5. The Labute approximate surface area is 203 Å². The van der Waals surface area contributed by atoms with Crippen molar-refractivity contribution >= 4 is 22.9 Å². The molecule has 0 spiro atoms. The maximum atomic E-state index is 12.5. The van der Waals surface area contributed by atoms with Gasteiger partial charge in [-0.2, -0.15) is 10.2 Å². The molecule has 2 N–H and O–H groups in total. The fourth-order valence-corrected chi connectivity index (χ4v) is 3.74. The molecule has 0 aliphatic carbocycles. The summed E-state index contributed by atoms with van der Waals surface area (Å²) in [6.07, 6.45) is 1.65. The van der Waals surface area contributed by atoms with Crippen molar-refractivity contribution in [2.75, 3.05) is 0 Å². The molecule has 6 nitrogen and oxygen atoms in total. The fourth-order valence-electron chi connectivity index (χ4n) is 3.74. The molecule has 0 fully saturated rings. The zero-order valence-corrected chi connectivity index (χ0v) is 19.2. The number of nitrogens with one attached hydrogen (secondary N) is 2. The molecule has 0 atom stereocenters. The summed E-state index contributed by atoms with van der Waals surface area (Å²) in [6, 6.07) is 31.6. The first-order valence-corrected chi connectivity index (χ1v) is 11.3. The third-order valence-corrected chi connectivity index (χ3v) is 5.69. The molecule has 1 aromatic heterocycles. The lowest BCUT2D eigenvalue weighted by Gasteiger charge is -2.07. The van der Waals surface area contributed by atoms with Crippen molar-refractivity contribution in [3.05, 3.63) is 119 Å². The summed E-state index contributed by atoms with van der Waals surface area (Å²) in [5, 5.41) is 13.4. The van der Waals surface area contributed by atoms with E-state index < -0.39 is 0 Å². The molecule has 0 bridgehead atoms. The highest BCUT2D eigenvalue weighted by Crippen LogP contribution is 2.22. The van der Waals surface area contributed by atoms with Crippen LogP contribution in [-0.2, 0) is 6.61 Å². The third kappa shape index (κ3) is 5.28.